The predicted octanol–water partition coefficient (Wildman–Crippen LogP) is 3.42. The summed E-state index contributed by atoms with van der Waals surface area (Å²) in [7, 11) is 0. The van der Waals surface area contributed by atoms with Crippen LogP contribution in [-0.2, 0) is 0 Å². The Labute approximate surface area is 101 Å². The molecule has 1 N–H and O–H groups in total. The van der Waals surface area contributed by atoms with Crippen LogP contribution in [0.5, 0.6) is 0 Å². The van der Waals surface area contributed by atoms with Crippen LogP contribution in [0.25, 0.3) is 21.3 Å². The summed E-state index contributed by atoms with van der Waals surface area (Å²) < 4.78 is 0.683. The number of pyridine rings is 1. The maximum atomic E-state index is 5.04. The number of hydrogen-bond donors (Lipinski definition) is 1. The van der Waals surface area contributed by atoms with Gasteiger partial charge in [-0.15, -0.1) is 0 Å². The molecule has 0 aliphatic carbocycles. The Balaban J connectivity index is 2.35. The minimum Gasteiger partial charge on any atom is -0.263 e. The van der Waals surface area contributed by atoms with Crippen LogP contribution in [0.15, 0.2) is 36.7 Å². The van der Waals surface area contributed by atoms with Crippen LogP contribution in [0.4, 0.5) is 0 Å². The number of hydrogen-bond acceptors (Lipinski definition) is 4. The van der Waals surface area contributed by atoms with Gasteiger partial charge in [0.1, 0.15) is 5.01 Å². The van der Waals surface area contributed by atoms with Crippen molar-refractivity contribution < 1.29 is 0 Å². The molecule has 16 heavy (non-hydrogen) atoms. The van der Waals surface area contributed by atoms with Gasteiger partial charge >= 0.3 is 0 Å². The number of aromatic amines is 1. The van der Waals surface area contributed by atoms with Gasteiger partial charge in [0, 0.05) is 23.3 Å². The average molecular weight is 245 g/mol. The third-order valence-electron chi connectivity index (χ3n) is 2.34. The SMILES string of the molecule is S=c1[nH]nc(-c2cncc3ccccc23)s1. The van der Waals surface area contributed by atoms with Crippen molar-refractivity contribution in [2.45, 2.75) is 0 Å². The van der Waals surface area contributed by atoms with Crippen molar-refractivity contribution in [2.75, 3.05) is 0 Å². The predicted molar refractivity (Wildman–Crippen MR) is 68.0 cm³/mol. The number of aromatic nitrogens is 3. The first-order valence-corrected chi connectivity index (χ1v) is 5.96. The summed E-state index contributed by atoms with van der Waals surface area (Å²) in [5.41, 5.74) is 1.02. The van der Waals surface area contributed by atoms with Gasteiger partial charge in [0.25, 0.3) is 0 Å². The van der Waals surface area contributed by atoms with E-state index in [2.05, 4.69) is 21.2 Å². The lowest BCUT2D eigenvalue weighted by molar-refractivity contribution is 1.08. The van der Waals surface area contributed by atoms with Crippen LogP contribution in [0.3, 0.4) is 0 Å². The fourth-order valence-electron chi connectivity index (χ4n) is 1.63. The Morgan fingerprint density at radius 1 is 1.19 bits per heavy atom. The van der Waals surface area contributed by atoms with Gasteiger partial charge in [-0.05, 0) is 17.6 Å². The molecule has 0 aliphatic rings. The van der Waals surface area contributed by atoms with E-state index in [9.17, 15) is 0 Å². The van der Waals surface area contributed by atoms with Crippen LogP contribution in [0.1, 0.15) is 0 Å². The Bertz CT molecular complexity index is 694. The molecule has 2 aromatic heterocycles. The molecule has 0 bridgehead atoms. The average Bonchev–Trinajstić information content (AvgIpc) is 2.75. The second kappa shape index (κ2) is 3.77. The molecule has 3 nitrogen and oxygen atoms in total. The molecule has 2 heterocycles. The Kier molecular flexibility index (Phi) is 2.27. The third-order valence-corrected chi connectivity index (χ3v) is 3.46. The summed E-state index contributed by atoms with van der Waals surface area (Å²) in [6.07, 6.45) is 3.68. The standard InChI is InChI=1S/C11H7N3S2/c15-11-14-13-10(16-11)9-6-12-5-7-3-1-2-4-8(7)9/h1-6H,(H,14,15). The smallest absolute Gasteiger partial charge is 0.176 e. The van der Waals surface area contributed by atoms with Gasteiger partial charge in [-0.1, -0.05) is 35.6 Å². The monoisotopic (exact) mass is 245 g/mol. The Morgan fingerprint density at radius 2 is 2.06 bits per heavy atom. The zero-order valence-electron chi connectivity index (χ0n) is 8.18. The Hall–Kier alpha value is -1.59. The molecule has 0 radical (unpaired) electrons. The number of nitrogens with zero attached hydrogens (tertiary/aromatic N) is 2. The molecule has 0 fully saturated rings. The molecule has 0 spiro atoms. The molecule has 0 atom stereocenters. The second-order valence-corrected chi connectivity index (χ2v) is 4.99. The van der Waals surface area contributed by atoms with Crippen molar-refractivity contribution in [3.8, 4) is 10.6 Å². The molecular formula is C11H7N3S2. The maximum Gasteiger partial charge on any atom is 0.176 e. The van der Waals surface area contributed by atoms with Gasteiger partial charge in [-0.3, -0.25) is 10.1 Å². The second-order valence-electron chi connectivity index (χ2n) is 3.33. The first-order valence-electron chi connectivity index (χ1n) is 4.73. The van der Waals surface area contributed by atoms with Crippen molar-refractivity contribution >= 4 is 34.3 Å². The van der Waals surface area contributed by atoms with Crippen molar-refractivity contribution in [1.29, 1.82) is 0 Å². The van der Waals surface area contributed by atoms with E-state index in [1.807, 2.05) is 30.6 Å². The summed E-state index contributed by atoms with van der Waals surface area (Å²) in [5, 5.41) is 10.1. The zero-order valence-corrected chi connectivity index (χ0v) is 9.81. The fraction of sp³-hybridized carbons (Fsp3) is 0. The fourth-order valence-corrected chi connectivity index (χ4v) is 2.55. The van der Waals surface area contributed by atoms with E-state index in [1.165, 1.54) is 11.3 Å². The van der Waals surface area contributed by atoms with E-state index < -0.39 is 0 Å². The molecule has 1 aromatic carbocycles. The van der Waals surface area contributed by atoms with Gasteiger partial charge in [-0.25, -0.2) is 0 Å². The molecular weight excluding hydrogens is 238 g/mol. The van der Waals surface area contributed by atoms with E-state index in [0.29, 0.717) is 3.95 Å². The van der Waals surface area contributed by atoms with Gasteiger partial charge in [0.2, 0.25) is 0 Å². The lowest BCUT2D eigenvalue weighted by atomic mass is 10.1. The van der Waals surface area contributed by atoms with E-state index >= 15 is 0 Å². The highest BCUT2D eigenvalue weighted by atomic mass is 32.1. The van der Waals surface area contributed by atoms with E-state index in [-0.39, 0.29) is 0 Å². The zero-order chi connectivity index (χ0) is 11.0. The Morgan fingerprint density at radius 3 is 2.88 bits per heavy atom. The highest BCUT2D eigenvalue weighted by Gasteiger charge is 2.06. The van der Waals surface area contributed by atoms with Crippen molar-refractivity contribution in [1.82, 2.24) is 15.2 Å². The molecule has 0 amide bonds. The summed E-state index contributed by atoms with van der Waals surface area (Å²) in [6.45, 7) is 0. The first kappa shape index (κ1) is 9.62. The number of nitrogens with one attached hydrogen (secondary N) is 1. The quantitative estimate of drug-likeness (QED) is 0.668. The normalized spacial score (nSPS) is 10.8. The van der Waals surface area contributed by atoms with Crippen LogP contribution in [-0.4, -0.2) is 15.2 Å². The van der Waals surface area contributed by atoms with Gasteiger partial charge < -0.3 is 0 Å². The summed E-state index contributed by atoms with van der Waals surface area (Å²) in [6, 6.07) is 8.12. The molecule has 0 saturated heterocycles. The van der Waals surface area contributed by atoms with Crippen molar-refractivity contribution in [3.63, 3.8) is 0 Å². The van der Waals surface area contributed by atoms with E-state index in [0.717, 1.165) is 21.3 Å². The number of H-pyrrole nitrogens is 1. The molecule has 0 saturated carbocycles. The van der Waals surface area contributed by atoms with Gasteiger partial charge in [-0.2, -0.15) is 5.10 Å². The lowest BCUT2D eigenvalue weighted by Crippen LogP contribution is -1.82. The summed E-state index contributed by atoms with van der Waals surface area (Å²) in [5.74, 6) is 0. The molecule has 78 valence electrons. The van der Waals surface area contributed by atoms with Crippen LogP contribution in [0.2, 0.25) is 0 Å². The van der Waals surface area contributed by atoms with Crippen LogP contribution >= 0.6 is 23.6 Å². The number of rotatable bonds is 1. The van der Waals surface area contributed by atoms with Crippen molar-refractivity contribution in [3.05, 3.63) is 40.6 Å². The maximum absolute atomic E-state index is 5.04. The summed E-state index contributed by atoms with van der Waals surface area (Å²) >= 11 is 6.50. The first-order chi connectivity index (χ1) is 7.84. The molecule has 3 rings (SSSR count). The molecule has 3 aromatic rings. The number of benzene rings is 1. The number of fused-ring (bicyclic) bond motifs is 1. The minimum absolute atomic E-state index is 0.683. The molecule has 5 heteroatoms. The summed E-state index contributed by atoms with van der Waals surface area (Å²) in [4.78, 5) is 4.22. The van der Waals surface area contributed by atoms with E-state index in [1.54, 1.807) is 0 Å². The minimum atomic E-state index is 0.683. The highest BCUT2D eigenvalue weighted by Crippen LogP contribution is 2.28. The lowest BCUT2D eigenvalue weighted by Gasteiger charge is -2.01. The van der Waals surface area contributed by atoms with Gasteiger partial charge in [0.15, 0.2) is 3.95 Å². The third kappa shape index (κ3) is 1.54. The topological polar surface area (TPSA) is 41.6 Å². The molecule has 0 unspecified atom stereocenters. The van der Waals surface area contributed by atoms with Crippen molar-refractivity contribution in [2.24, 2.45) is 0 Å². The van der Waals surface area contributed by atoms with E-state index in [4.69, 9.17) is 12.2 Å². The van der Waals surface area contributed by atoms with Gasteiger partial charge in [0.05, 0.1) is 0 Å². The van der Waals surface area contributed by atoms with Crippen LogP contribution in [0, 0.1) is 3.95 Å². The molecule has 0 aliphatic heterocycles. The van der Waals surface area contributed by atoms with Crippen LogP contribution < -0.4 is 0 Å². The largest absolute Gasteiger partial charge is 0.263 e. The highest BCUT2D eigenvalue weighted by molar-refractivity contribution is 7.73.